The van der Waals surface area contributed by atoms with Crippen molar-refractivity contribution in [2.75, 3.05) is 19.8 Å². The maximum atomic E-state index is 9.01. The molecule has 0 radical (unpaired) electrons. The van der Waals surface area contributed by atoms with E-state index in [4.69, 9.17) is 5.11 Å². The summed E-state index contributed by atoms with van der Waals surface area (Å²) in [7, 11) is 0. The molecular weight excluding hydrogens is 150 g/mol. The summed E-state index contributed by atoms with van der Waals surface area (Å²) in [5.74, 6) is 1.37. The molecule has 0 amide bonds. The summed E-state index contributed by atoms with van der Waals surface area (Å²) in [6.45, 7) is 11.0. The topological polar surface area (TPSA) is 23.5 Å². The zero-order valence-corrected chi connectivity index (χ0v) is 8.88. The minimum absolute atomic E-state index is 0.199. The van der Waals surface area contributed by atoms with Crippen molar-refractivity contribution >= 4 is 0 Å². The molecule has 0 heterocycles. The van der Waals surface area contributed by atoms with Crippen LogP contribution in [-0.4, -0.2) is 29.8 Å². The van der Waals surface area contributed by atoms with Crippen molar-refractivity contribution in [2.24, 2.45) is 11.8 Å². The fourth-order valence-electron chi connectivity index (χ4n) is 1.18. The molecule has 0 spiro atoms. The molecule has 74 valence electrons. The summed E-state index contributed by atoms with van der Waals surface area (Å²) < 4.78 is 0. The summed E-state index contributed by atoms with van der Waals surface area (Å²) in [6, 6.07) is 0. The van der Waals surface area contributed by atoms with Crippen LogP contribution in [0.25, 0.3) is 0 Å². The van der Waals surface area contributed by atoms with E-state index >= 15 is 0 Å². The van der Waals surface area contributed by atoms with Gasteiger partial charge in [0.25, 0.3) is 0 Å². The summed E-state index contributed by atoms with van der Waals surface area (Å²) in [5, 5.41) is 9.01. The van der Waals surface area contributed by atoms with Gasteiger partial charge in [-0.15, -0.1) is 0 Å². The Kier molecular flexibility index (Phi) is 6.39. The van der Waals surface area contributed by atoms with Crippen LogP contribution in [0.2, 0.25) is 0 Å². The second kappa shape index (κ2) is 6.44. The van der Waals surface area contributed by atoms with Gasteiger partial charge in [0.1, 0.15) is 0 Å². The van der Waals surface area contributed by atoms with Gasteiger partial charge in [-0.05, 0) is 18.3 Å². The lowest BCUT2D eigenvalue weighted by Crippen LogP contribution is -2.30. The standard InChI is InChI=1S/C10H23NO/c1-9(2)5-6-11(8-12)7-10(3)4/h9-10,12H,5-8H2,1-4H3. The van der Waals surface area contributed by atoms with E-state index in [1.165, 1.54) is 6.42 Å². The monoisotopic (exact) mass is 173 g/mol. The molecule has 2 nitrogen and oxygen atoms in total. The Morgan fingerprint density at radius 1 is 1.08 bits per heavy atom. The molecule has 2 heteroatoms. The van der Waals surface area contributed by atoms with Gasteiger partial charge in [0.15, 0.2) is 0 Å². The Balaban J connectivity index is 3.53. The van der Waals surface area contributed by atoms with Crippen molar-refractivity contribution in [2.45, 2.75) is 34.1 Å². The molecule has 0 atom stereocenters. The Morgan fingerprint density at radius 2 is 1.67 bits per heavy atom. The Bertz CT molecular complexity index is 102. The average molecular weight is 173 g/mol. The minimum Gasteiger partial charge on any atom is -0.381 e. The predicted octanol–water partition coefficient (Wildman–Crippen LogP) is 1.94. The first-order chi connectivity index (χ1) is 5.56. The van der Waals surface area contributed by atoms with E-state index in [1.54, 1.807) is 0 Å². The van der Waals surface area contributed by atoms with E-state index in [-0.39, 0.29) is 6.73 Å². The summed E-state index contributed by atoms with van der Waals surface area (Å²) >= 11 is 0. The number of nitrogens with zero attached hydrogens (tertiary/aromatic N) is 1. The highest BCUT2D eigenvalue weighted by Gasteiger charge is 2.05. The van der Waals surface area contributed by atoms with Crippen molar-refractivity contribution in [1.82, 2.24) is 4.90 Å². The molecule has 0 saturated heterocycles. The minimum atomic E-state index is 0.199. The van der Waals surface area contributed by atoms with Crippen molar-refractivity contribution in [1.29, 1.82) is 0 Å². The second-order valence-corrected chi connectivity index (χ2v) is 4.29. The summed E-state index contributed by atoms with van der Waals surface area (Å²) in [5.41, 5.74) is 0. The van der Waals surface area contributed by atoms with Crippen LogP contribution in [0.3, 0.4) is 0 Å². The molecule has 0 saturated carbocycles. The van der Waals surface area contributed by atoms with Gasteiger partial charge in [-0.1, -0.05) is 27.7 Å². The molecule has 0 aromatic carbocycles. The van der Waals surface area contributed by atoms with E-state index < -0.39 is 0 Å². The largest absolute Gasteiger partial charge is 0.381 e. The van der Waals surface area contributed by atoms with Gasteiger partial charge in [-0.25, -0.2) is 0 Å². The van der Waals surface area contributed by atoms with E-state index in [0.29, 0.717) is 5.92 Å². The van der Waals surface area contributed by atoms with Crippen LogP contribution in [0.15, 0.2) is 0 Å². The number of rotatable bonds is 6. The van der Waals surface area contributed by atoms with E-state index in [9.17, 15) is 0 Å². The molecule has 0 aromatic rings. The van der Waals surface area contributed by atoms with E-state index in [2.05, 4.69) is 32.6 Å². The Morgan fingerprint density at radius 3 is 2.00 bits per heavy atom. The zero-order valence-electron chi connectivity index (χ0n) is 8.88. The molecule has 12 heavy (non-hydrogen) atoms. The molecular formula is C10H23NO. The van der Waals surface area contributed by atoms with Gasteiger partial charge >= 0.3 is 0 Å². The summed E-state index contributed by atoms with van der Waals surface area (Å²) in [6.07, 6.45) is 1.17. The number of aliphatic hydroxyl groups excluding tert-OH is 1. The van der Waals surface area contributed by atoms with Crippen molar-refractivity contribution < 1.29 is 5.11 Å². The van der Waals surface area contributed by atoms with Gasteiger partial charge in [0.2, 0.25) is 0 Å². The number of aliphatic hydroxyl groups is 1. The fraction of sp³-hybridized carbons (Fsp3) is 1.00. The van der Waals surface area contributed by atoms with Crippen LogP contribution in [-0.2, 0) is 0 Å². The van der Waals surface area contributed by atoms with Crippen LogP contribution in [0.1, 0.15) is 34.1 Å². The molecule has 1 N–H and O–H groups in total. The van der Waals surface area contributed by atoms with Crippen molar-refractivity contribution in [3.63, 3.8) is 0 Å². The maximum Gasteiger partial charge on any atom is 0.0956 e. The van der Waals surface area contributed by atoms with Gasteiger partial charge in [-0.2, -0.15) is 0 Å². The molecule has 0 aliphatic rings. The van der Waals surface area contributed by atoms with Crippen LogP contribution in [0.4, 0.5) is 0 Å². The first kappa shape index (κ1) is 11.9. The SMILES string of the molecule is CC(C)CCN(CO)CC(C)C. The van der Waals surface area contributed by atoms with Crippen LogP contribution in [0, 0.1) is 11.8 Å². The molecule has 0 aliphatic carbocycles. The lowest BCUT2D eigenvalue weighted by atomic mass is 10.1. The molecule has 0 rings (SSSR count). The second-order valence-electron chi connectivity index (χ2n) is 4.29. The molecule has 0 bridgehead atoms. The van der Waals surface area contributed by atoms with E-state index in [0.717, 1.165) is 19.0 Å². The average Bonchev–Trinajstić information content (AvgIpc) is 1.97. The quantitative estimate of drug-likeness (QED) is 0.620. The summed E-state index contributed by atoms with van der Waals surface area (Å²) in [4.78, 5) is 2.10. The predicted molar refractivity (Wildman–Crippen MR) is 53.0 cm³/mol. The molecule has 0 unspecified atom stereocenters. The van der Waals surface area contributed by atoms with Gasteiger partial charge in [0, 0.05) is 13.1 Å². The third kappa shape index (κ3) is 6.62. The number of hydrogen-bond acceptors (Lipinski definition) is 2. The zero-order chi connectivity index (χ0) is 9.56. The molecule has 0 aliphatic heterocycles. The normalized spacial score (nSPS) is 12.0. The number of hydrogen-bond donors (Lipinski definition) is 1. The highest BCUT2D eigenvalue weighted by Crippen LogP contribution is 2.03. The van der Waals surface area contributed by atoms with Gasteiger partial charge < -0.3 is 5.11 Å². The molecule has 0 fully saturated rings. The lowest BCUT2D eigenvalue weighted by Gasteiger charge is -2.22. The molecule has 0 aromatic heterocycles. The maximum absolute atomic E-state index is 9.01. The highest BCUT2D eigenvalue weighted by atomic mass is 16.3. The Labute approximate surface area is 76.6 Å². The highest BCUT2D eigenvalue weighted by molar-refractivity contribution is 4.57. The van der Waals surface area contributed by atoms with Crippen molar-refractivity contribution in [3.8, 4) is 0 Å². The van der Waals surface area contributed by atoms with Crippen molar-refractivity contribution in [3.05, 3.63) is 0 Å². The smallest absolute Gasteiger partial charge is 0.0956 e. The third-order valence-corrected chi connectivity index (χ3v) is 1.85. The van der Waals surface area contributed by atoms with E-state index in [1.807, 2.05) is 0 Å². The third-order valence-electron chi connectivity index (χ3n) is 1.85. The first-order valence-corrected chi connectivity index (χ1v) is 4.89. The first-order valence-electron chi connectivity index (χ1n) is 4.89. The van der Waals surface area contributed by atoms with Crippen LogP contribution < -0.4 is 0 Å². The van der Waals surface area contributed by atoms with Crippen LogP contribution >= 0.6 is 0 Å². The lowest BCUT2D eigenvalue weighted by molar-refractivity contribution is 0.0916. The van der Waals surface area contributed by atoms with Gasteiger partial charge in [0.05, 0.1) is 6.73 Å². The fourth-order valence-corrected chi connectivity index (χ4v) is 1.18. The van der Waals surface area contributed by atoms with Crippen LogP contribution in [0.5, 0.6) is 0 Å². The van der Waals surface area contributed by atoms with Gasteiger partial charge in [-0.3, -0.25) is 4.90 Å². The Hall–Kier alpha value is -0.0800.